The normalized spacial score (nSPS) is 15.2. The second-order valence-electron chi connectivity index (χ2n) is 7.95. The molecule has 0 aliphatic carbocycles. The molecule has 0 unspecified atom stereocenters. The number of carbonyl (C=O) groups excluding carboxylic acids is 1. The van der Waals surface area contributed by atoms with Gasteiger partial charge < -0.3 is 4.90 Å². The van der Waals surface area contributed by atoms with Gasteiger partial charge in [-0.1, -0.05) is 17.8 Å². The van der Waals surface area contributed by atoms with Crippen LogP contribution in [0.25, 0.3) is 5.57 Å². The van der Waals surface area contributed by atoms with Crippen LogP contribution in [0.5, 0.6) is 0 Å². The number of fused-ring (bicyclic) bond motifs is 1. The molecule has 1 aromatic carbocycles. The van der Waals surface area contributed by atoms with E-state index in [0.717, 1.165) is 28.2 Å². The van der Waals surface area contributed by atoms with Crippen molar-refractivity contribution in [3.63, 3.8) is 0 Å². The van der Waals surface area contributed by atoms with Gasteiger partial charge in [-0.05, 0) is 58.4 Å². The molecule has 1 amide bonds. The minimum atomic E-state index is -0.387. The summed E-state index contributed by atoms with van der Waals surface area (Å²) in [6.45, 7) is 9.95. The van der Waals surface area contributed by atoms with Gasteiger partial charge in [0.05, 0.1) is 17.5 Å². The molecule has 0 radical (unpaired) electrons. The molecule has 1 aliphatic rings. The number of thioether (sulfide) groups is 1. The van der Waals surface area contributed by atoms with Crippen LogP contribution in [0.2, 0.25) is 0 Å². The third-order valence-corrected chi connectivity index (χ3v) is 5.87. The first-order valence-corrected chi connectivity index (χ1v) is 10.6. The molecule has 1 aliphatic heterocycles. The van der Waals surface area contributed by atoms with Crippen LogP contribution < -0.4 is 10.3 Å². The van der Waals surface area contributed by atoms with Gasteiger partial charge in [0.2, 0.25) is 0 Å². The molecule has 3 rings (SSSR count). The first kappa shape index (κ1) is 22.0. The first-order chi connectivity index (χ1) is 14.1. The fraction of sp³-hybridized carbons (Fsp3) is 0.364. The number of allylic oxidation sites excluding steroid dienone is 1. The predicted octanol–water partition coefficient (Wildman–Crippen LogP) is 4.11. The number of hydrazone groups is 1. The summed E-state index contributed by atoms with van der Waals surface area (Å²) in [4.78, 5) is 22.7. The van der Waals surface area contributed by atoms with Crippen molar-refractivity contribution in [3.8, 4) is 0 Å². The van der Waals surface area contributed by atoms with Gasteiger partial charge in [-0.15, -0.1) is 0 Å². The van der Waals surface area contributed by atoms with E-state index in [-0.39, 0.29) is 23.0 Å². The predicted molar refractivity (Wildman–Crippen MR) is 120 cm³/mol. The number of aryl methyl sites for hydroxylation is 2. The molecular weight excluding hydrogens is 401 g/mol. The lowest BCUT2D eigenvalue weighted by atomic mass is 9.88. The molecule has 0 saturated carbocycles. The average molecular weight is 428 g/mol. The Labute approximate surface area is 180 Å². The summed E-state index contributed by atoms with van der Waals surface area (Å²) in [5.74, 6) is -0.578. The van der Waals surface area contributed by atoms with Gasteiger partial charge in [0, 0.05) is 35.2 Å². The Bertz CT molecular complexity index is 1030. The molecule has 1 N–H and O–H groups in total. The van der Waals surface area contributed by atoms with E-state index in [0.29, 0.717) is 10.7 Å². The van der Waals surface area contributed by atoms with Gasteiger partial charge >= 0.3 is 0 Å². The van der Waals surface area contributed by atoms with Gasteiger partial charge in [-0.25, -0.2) is 19.8 Å². The second kappa shape index (κ2) is 8.55. The van der Waals surface area contributed by atoms with Gasteiger partial charge in [0.1, 0.15) is 5.82 Å². The van der Waals surface area contributed by atoms with Crippen LogP contribution in [0.15, 0.2) is 34.5 Å². The molecule has 30 heavy (non-hydrogen) atoms. The highest BCUT2D eigenvalue weighted by Gasteiger charge is 2.29. The van der Waals surface area contributed by atoms with E-state index >= 15 is 0 Å². The van der Waals surface area contributed by atoms with Gasteiger partial charge in [0.15, 0.2) is 5.16 Å². The van der Waals surface area contributed by atoms with E-state index in [4.69, 9.17) is 0 Å². The molecule has 0 fully saturated rings. The van der Waals surface area contributed by atoms with Gasteiger partial charge in [-0.2, -0.15) is 5.10 Å². The minimum absolute atomic E-state index is 0.120. The van der Waals surface area contributed by atoms with Crippen molar-refractivity contribution in [2.75, 3.05) is 17.7 Å². The molecule has 0 saturated heterocycles. The van der Waals surface area contributed by atoms with E-state index < -0.39 is 0 Å². The highest BCUT2D eigenvalue weighted by molar-refractivity contribution is 7.99. The zero-order valence-corrected chi connectivity index (χ0v) is 18.9. The molecule has 0 atom stereocenters. The molecule has 1 aromatic heterocycles. The number of hydrogen-bond acceptors (Lipinski definition) is 6. The molecule has 8 heteroatoms. The van der Waals surface area contributed by atoms with Gasteiger partial charge in [0.25, 0.3) is 5.91 Å². The van der Waals surface area contributed by atoms with Crippen molar-refractivity contribution in [2.45, 2.75) is 45.3 Å². The maximum atomic E-state index is 14.6. The highest BCUT2D eigenvalue weighted by atomic mass is 32.2. The molecule has 2 aromatic rings. The number of hydrogen-bond donors (Lipinski definition) is 1. The Morgan fingerprint density at radius 2 is 1.90 bits per heavy atom. The summed E-state index contributed by atoms with van der Waals surface area (Å²) >= 11 is 1.23. The van der Waals surface area contributed by atoms with Crippen LogP contribution in [0.3, 0.4) is 0 Å². The largest absolute Gasteiger partial charge is 0.365 e. The highest BCUT2D eigenvalue weighted by Crippen LogP contribution is 2.38. The topological polar surface area (TPSA) is 70.5 Å². The van der Waals surface area contributed by atoms with Crippen LogP contribution in [0.1, 0.15) is 43.3 Å². The van der Waals surface area contributed by atoms with Crippen molar-refractivity contribution in [2.24, 2.45) is 5.10 Å². The number of amides is 1. The van der Waals surface area contributed by atoms with Crippen LogP contribution >= 0.6 is 11.8 Å². The van der Waals surface area contributed by atoms with Gasteiger partial charge in [-0.3, -0.25) is 4.79 Å². The summed E-state index contributed by atoms with van der Waals surface area (Å²) in [5, 5.41) is 4.46. The van der Waals surface area contributed by atoms with Crippen LogP contribution in [-0.4, -0.2) is 40.4 Å². The number of nitrogens with one attached hydrogen (secondary N) is 1. The van der Waals surface area contributed by atoms with E-state index in [1.165, 1.54) is 24.0 Å². The minimum Gasteiger partial charge on any atom is -0.365 e. The summed E-state index contributed by atoms with van der Waals surface area (Å²) in [5.41, 5.74) is 7.14. The van der Waals surface area contributed by atoms with E-state index in [9.17, 15) is 9.18 Å². The Morgan fingerprint density at radius 1 is 1.23 bits per heavy atom. The van der Waals surface area contributed by atoms with Crippen LogP contribution in [-0.2, 0) is 4.79 Å². The summed E-state index contributed by atoms with van der Waals surface area (Å²) < 4.78 is 14.6. The number of benzene rings is 1. The molecule has 6 nitrogen and oxygen atoms in total. The van der Waals surface area contributed by atoms with E-state index in [1.807, 2.05) is 38.8 Å². The van der Waals surface area contributed by atoms with E-state index in [2.05, 4.69) is 40.4 Å². The zero-order chi connectivity index (χ0) is 22.1. The Hall–Kier alpha value is -2.74. The van der Waals surface area contributed by atoms with Crippen molar-refractivity contribution >= 4 is 35.1 Å². The first-order valence-electron chi connectivity index (χ1n) is 9.61. The number of likely N-dealkylation sites (N-methyl/N-ethyl adjacent to an activating group) is 1. The van der Waals surface area contributed by atoms with Crippen molar-refractivity contribution in [1.82, 2.24) is 15.4 Å². The van der Waals surface area contributed by atoms with E-state index in [1.54, 1.807) is 6.07 Å². The number of halogens is 1. The molecule has 158 valence electrons. The van der Waals surface area contributed by atoms with Crippen LogP contribution in [0, 0.1) is 19.7 Å². The second-order valence-corrected chi connectivity index (χ2v) is 8.89. The molecule has 0 spiro atoms. The molecule has 0 bridgehead atoms. The fourth-order valence-electron chi connectivity index (χ4n) is 3.38. The Balaban J connectivity index is 1.66. The third-order valence-electron chi connectivity index (χ3n) is 5.02. The fourth-order valence-corrected chi connectivity index (χ4v) is 4.12. The monoisotopic (exact) mass is 427 g/mol. The molecular formula is C22H26FN5OS. The third kappa shape index (κ3) is 4.87. The zero-order valence-electron chi connectivity index (χ0n) is 18.1. The SMILES string of the molecule is CC1=CC(C)(C)N(C)c2cc(F)c(/C=N\NC(=O)CSc3nc(C)cc(C)n3)cc21. The van der Waals surface area contributed by atoms with Crippen molar-refractivity contribution < 1.29 is 9.18 Å². The van der Waals surface area contributed by atoms with Crippen molar-refractivity contribution in [1.29, 1.82) is 0 Å². The molecule has 2 heterocycles. The summed E-state index contributed by atoms with van der Waals surface area (Å²) in [7, 11) is 1.95. The lowest BCUT2D eigenvalue weighted by Crippen LogP contribution is -2.42. The van der Waals surface area contributed by atoms with Crippen LogP contribution in [0.4, 0.5) is 10.1 Å². The quantitative estimate of drug-likeness (QED) is 0.337. The lowest BCUT2D eigenvalue weighted by Gasteiger charge is -2.40. The summed E-state index contributed by atoms with van der Waals surface area (Å²) in [6.07, 6.45) is 3.49. The number of rotatable bonds is 5. The Kier molecular flexibility index (Phi) is 6.26. The maximum Gasteiger partial charge on any atom is 0.250 e. The number of anilines is 1. The number of aromatic nitrogens is 2. The maximum absolute atomic E-state index is 14.6. The summed E-state index contributed by atoms with van der Waals surface area (Å²) in [6, 6.07) is 5.15. The smallest absolute Gasteiger partial charge is 0.250 e. The standard InChI is InChI=1S/C22H26FN5OS/c1-13-10-22(4,5)28(6)19-9-18(23)16(8-17(13)19)11-24-27-20(29)12-30-21-25-14(2)7-15(3)26-21/h7-11H,12H2,1-6H3,(H,27,29)/b24-11-. The lowest BCUT2D eigenvalue weighted by molar-refractivity contribution is -0.118. The Morgan fingerprint density at radius 3 is 2.57 bits per heavy atom. The average Bonchev–Trinajstić information content (AvgIpc) is 2.64. The number of carbonyl (C=O) groups is 1. The number of nitrogens with zero attached hydrogens (tertiary/aromatic N) is 4. The van der Waals surface area contributed by atoms with Crippen molar-refractivity contribution in [3.05, 3.63) is 52.6 Å².